The molecule has 0 heterocycles. The van der Waals surface area contributed by atoms with Gasteiger partial charge in [0.2, 0.25) is 0 Å². The van der Waals surface area contributed by atoms with Crippen LogP contribution in [0.5, 0.6) is 0 Å². The summed E-state index contributed by atoms with van der Waals surface area (Å²) in [7, 11) is 1.59. The fraction of sp³-hybridized carbons (Fsp3) is 0.562. The maximum atomic E-state index is 11.8. The molecule has 1 aromatic rings. The first-order chi connectivity index (χ1) is 10.5. The maximum Gasteiger partial charge on any atom is 0.314 e. The van der Waals surface area contributed by atoms with Gasteiger partial charge in [0.15, 0.2) is 0 Å². The van der Waals surface area contributed by atoms with Crippen LogP contribution in [0, 0.1) is 0 Å². The molecule has 1 saturated carbocycles. The molecule has 2 rings (SSSR count). The van der Waals surface area contributed by atoms with E-state index < -0.39 is 5.60 Å². The normalized spacial score (nSPS) is 18.0. The van der Waals surface area contributed by atoms with Crippen molar-refractivity contribution in [3.8, 4) is 0 Å². The zero-order chi connectivity index (χ0) is 16.0. The molecule has 1 unspecified atom stereocenters. The van der Waals surface area contributed by atoms with Crippen LogP contribution in [0.25, 0.3) is 0 Å². The Kier molecular flexibility index (Phi) is 6.06. The van der Waals surface area contributed by atoms with Crippen molar-refractivity contribution in [1.82, 2.24) is 10.6 Å². The lowest BCUT2D eigenvalue weighted by Crippen LogP contribution is -2.45. The third-order valence-electron chi connectivity index (χ3n) is 4.07. The second-order valence-corrected chi connectivity index (χ2v) is 6.21. The molecule has 0 aliphatic heterocycles. The highest BCUT2D eigenvalue weighted by atomic mass is 35.5. The monoisotopic (exact) mass is 326 g/mol. The van der Waals surface area contributed by atoms with E-state index in [-0.39, 0.29) is 18.7 Å². The van der Waals surface area contributed by atoms with E-state index in [4.69, 9.17) is 16.3 Å². The lowest BCUT2D eigenvalue weighted by Gasteiger charge is -2.23. The van der Waals surface area contributed by atoms with E-state index in [9.17, 15) is 9.90 Å². The van der Waals surface area contributed by atoms with Gasteiger partial charge in [0.25, 0.3) is 0 Å². The number of rotatable bonds is 6. The number of carbonyl (C=O) groups excluding carboxylic acids is 1. The first kappa shape index (κ1) is 17.1. The number of halogens is 1. The minimum Gasteiger partial charge on any atom is -0.388 e. The number of ether oxygens (including phenoxy) is 1. The van der Waals surface area contributed by atoms with Gasteiger partial charge in [0.05, 0.1) is 11.7 Å². The van der Waals surface area contributed by atoms with Crippen LogP contribution >= 0.6 is 11.6 Å². The molecular weight excluding hydrogens is 304 g/mol. The van der Waals surface area contributed by atoms with Crippen LogP contribution in [-0.2, 0) is 4.74 Å². The highest BCUT2D eigenvalue weighted by Crippen LogP contribution is 2.28. The lowest BCUT2D eigenvalue weighted by atomic mass is 10.0. The van der Waals surface area contributed by atoms with Gasteiger partial charge >= 0.3 is 6.03 Å². The van der Waals surface area contributed by atoms with Crippen molar-refractivity contribution < 1.29 is 14.6 Å². The average molecular weight is 327 g/mol. The first-order valence-corrected chi connectivity index (χ1v) is 7.92. The van der Waals surface area contributed by atoms with Crippen LogP contribution in [0.4, 0.5) is 4.79 Å². The van der Waals surface area contributed by atoms with Gasteiger partial charge in [-0.1, -0.05) is 36.6 Å². The maximum absolute atomic E-state index is 11.8. The zero-order valence-electron chi connectivity index (χ0n) is 12.8. The molecule has 5 nitrogen and oxygen atoms in total. The quantitative estimate of drug-likeness (QED) is 0.752. The molecule has 0 bridgehead atoms. The molecule has 1 aliphatic carbocycles. The third kappa shape index (κ3) is 4.87. The number of methoxy groups -OCH3 is 1. The molecule has 1 aliphatic rings. The summed E-state index contributed by atoms with van der Waals surface area (Å²) in [4.78, 5) is 11.8. The topological polar surface area (TPSA) is 70.6 Å². The smallest absolute Gasteiger partial charge is 0.314 e. The molecule has 1 atom stereocenters. The van der Waals surface area contributed by atoms with Crippen LogP contribution in [0.2, 0.25) is 5.02 Å². The third-order valence-corrected chi connectivity index (χ3v) is 4.30. The van der Waals surface area contributed by atoms with Crippen LogP contribution < -0.4 is 10.6 Å². The van der Waals surface area contributed by atoms with Gasteiger partial charge < -0.3 is 20.5 Å². The number of urea groups is 1. The molecule has 122 valence electrons. The van der Waals surface area contributed by atoms with Crippen molar-refractivity contribution in [3.05, 3.63) is 34.9 Å². The lowest BCUT2D eigenvalue weighted by molar-refractivity contribution is 0.0498. The van der Waals surface area contributed by atoms with Crippen LogP contribution in [0.3, 0.4) is 0 Å². The van der Waals surface area contributed by atoms with Gasteiger partial charge in [-0.15, -0.1) is 0 Å². The Bertz CT molecular complexity index is 504. The average Bonchev–Trinajstić information content (AvgIpc) is 2.93. The predicted octanol–water partition coefficient (Wildman–Crippen LogP) is 2.63. The Morgan fingerprint density at radius 3 is 2.77 bits per heavy atom. The van der Waals surface area contributed by atoms with Crippen molar-refractivity contribution >= 4 is 17.6 Å². The van der Waals surface area contributed by atoms with Crippen molar-refractivity contribution in [2.75, 3.05) is 20.2 Å². The molecule has 1 fully saturated rings. The SMILES string of the molecule is COC(CNC(=O)NCC1(O)CCCC1)c1cccc(Cl)c1. The Hall–Kier alpha value is -1.30. The number of aliphatic hydroxyl groups is 1. The summed E-state index contributed by atoms with van der Waals surface area (Å²) in [6.07, 6.45) is 3.26. The Balaban J connectivity index is 1.79. The Labute approximate surface area is 136 Å². The largest absolute Gasteiger partial charge is 0.388 e. The van der Waals surface area contributed by atoms with Crippen LogP contribution in [0.1, 0.15) is 37.4 Å². The number of hydrogen-bond acceptors (Lipinski definition) is 3. The molecule has 0 saturated heterocycles. The standard InChI is InChI=1S/C16H23ClN2O3/c1-22-14(12-5-4-6-13(17)9-12)10-18-15(20)19-11-16(21)7-2-3-8-16/h4-6,9,14,21H,2-3,7-8,10-11H2,1H3,(H2,18,19,20). The van der Waals surface area contributed by atoms with Gasteiger partial charge in [-0.25, -0.2) is 4.79 Å². The minimum absolute atomic E-state index is 0.265. The molecule has 1 aromatic carbocycles. The Morgan fingerprint density at radius 2 is 2.14 bits per heavy atom. The highest BCUT2D eigenvalue weighted by Gasteiger charge is 2.31. The molecule has 0 radical (unpaired) electrons. The highest BCUT2D eigenvalue weighted by molar-refractivity contribution is 6.30. The van der Waals surface area contributed by atoms with Crippen molar-refractivity contribution in [2.24, 2.45) is 0 Å². The summed E-state index contributed by atoms with van der Waals surface area (Å²) < 4.78 is 5.39. The van der Waals surface area contributed by atoms with Crippen molar-refractivity contribution in [3.63, 3.8) is 0 Å². The summed E-state index contributed by atoms with van der Waals surface area (Å²) in [5, 5.41) is 16.3. The number of amides is 2. The van der Waals surface area contributed by atoms with E-state index in [0.29, 0.717) is 11.6 Å². The summed E-state index contributed by atoms with van der Waals surface area (Å²) in [5.74, 6) is 0. The molecule has 22 heavy (non-hydrogen) atoms. The van der Waals surface area contributed by atoms with E-state index >= 15 is 0 Å². The zero-order valence-corrected chi connectivity index (χ0v) is 13.5. The van der Waals surface area contributed by atoms with E-state index in [0.717, 1.165) is 31.2 Å². The van der Waals surface area contributed by atoms with Gasteiger partial charge in [0.1, 0.15) is 0 Å². The van der Waals surface area contributed by atoms with Crippen molar-refractivity contribution in [1.29, 1.82) is 0 Å². The number of nitrogens with one attached hydrogen (secondary N) is 2. The summed E-state index contributed by atoms with van der Waals surface area (Å²) in [5.41, 5.74) is 0.162. The summed E-state index contributed by atoms with van der Waals surface area (Å²) >= 11 is 5.96. The molecule has 3 N–H and O–H groups in total. The number of hydrogen-bond donors (Lipinski definition) is 3. The number of benzene rings is 1. The van der Waals surface area contributed by atoms with E-state index in [1.54, 1.807) is 13.2 Å². The second-order valence-electron chi connectivity index (χ2n) is 5.77. The van der Waals surface area contributed by atoms with E-state index in [2.05, 4.69) is 10.6 Å². The van der Waals surface area contributed by atoms with E-state index in [1.807, 2.05) is 18.2 Å². The molecule has 6 heteroatoms. The molecule has 2 amide bonds. The van der Waals surface area contributed by atoms with Gasteiger partial charge in [0, 0.05) is 25.2 Å². The fourth-order valence-electron chi connectivity index (χ4n) is 2.75. The second kappa shape index (κ2) is 7.81. The number of carbonyl (C=O) groups is 1. The van der Waals surface area contributed by atoms with Crippen LogP contribution in [0.15, 0.2) is 24.3 Å². The molecular formula is C16H23ClN2O3. The molecule has 0 spiro atoms. The first-order valence-electron chi connectivity index (χ1n) is 7.55. The summed E-state index contributed by atoms with van der Waals surface area (Å²) in [6.45, 7) is 0.620. The van der Waals surface area contributed by atoms with Crippen molar-refractivity contribution in [2.45, 2.75) is 37.4 Å². The van der Waals surface area contributed by atoms with E-state index in [1.165, 1.54) is 0 Å². The summed E-state index contributed by atoms with van der Waals surface area (Å²) in [6, 6.07) is 7.06. The predicted molar refractivity (Wildman–Crippen MR) is 86.0 cm³/mol. The van der Waals surface area contributed by atoms with Gasteiger partial charge in [-0.2, -0.15) is 0 Å². The molecule has 0 aromatic heterocycles. The van der Waals surface area contributed by atoms with Gasteiger partial charge in [-0.05, 0) is 30.5 Å². The fourth-order valence-corrected chi connectivity index (χ4v) is 2.95. The minimum atomic E-state index is -0.745. The van der Waals surface area contributed by atoms with Gasteiger partial charge in [-0.3, -0.25) is 0 Å². The van der Waals surface area contributed by atoms with Crippen LogP contribution in [-0.4, -0.2) is 36.9 Å². The Morgan fingerprint density at radius 1 is 1.41 bits per heavy atom.